The SMILES string of the molecule is CC(C)(C)[Si](C)(C)OC(=O)c1cc(-c2ccccc2)ccc1O[Si](C)(C)C(C)(C)C. The number of carbonyl (C=O) groups excluding carboxylic acids is 1. The molecule has 0 aromatic heterocycles. The van der Waals surface area contributed by atoms with Crippen LogP contribution in [0.4, 0.5) is 0 Å². The first-order chi connectivity index (χ1) is 13.6. The molecule has 0 fully saturated rings. The molecule has 0 radical (unpaired) electrons. The summed E-state index contributed by atoms with van der Waals surface area (Å²) >= 11 is 0. The van der Waals surface area contributed by atoms with Crippen LogP contribution in [0.3, 0.4) is 0 Å². The number of hydrogen-bond acceptors (Lipinski definition) is 3. The Morgan fingerprint density at radius 3 is 1.77 bits per heavy atom. The second kappa shape index (κ2) is 8.35. The van der Waals surface area contributed by atoms with Gasteiger partial charge in [-0.15, -0.1) is 0 Å². The van der Waals surface area contributed by atoms with Crippen molar-refractivity contribution in [2.24, 2.45) is 0 Å². The van der Waals surface area contributed by atoms with E-state index in [9.17, 15) is 4.79 Å². The molecule has 2 aromatic carbocycles. The first kappa shape index (κ1) is 24.4. The van der Waals surface area contributed by atoms with E-state index < -0.39 is 16.6 Å². The van der Waals surface area contributed by atoms with Crippen molar-refractivity contribution < 1.29 is 13.6 Å². The summed E-state index contributed by atoms with van der Waals surface area (Å²) in [6, 6.07) is 16.0. The third-order valence-electron chi connectivity index (χ3n) is 6.63. The van der Waals surface area contributed by atoms with Gasteiger partial charge in [0.25, 0.3) is 16.6 Å². The molecule has 0 aliphatic rings. The van der Waals surface area contributed by atoms with Gasteiger partial charge in [-0.3, -0.25) is 0 Å². The van der Waals surface area contributed by atoms with Crippen LogP contribution in [0.25, 0.3) is 11.1 Å². The van der Waals surface area contributed by atoms with E-state index in [1.807, 2.05) is 48.5 Å². The molecule has 0 aliphatic heterocycles. The summed E-state index contributed by atoms with van der Waals surface area (Å²) in [5, 5.41) is -0.0220. The summed E-state index contributed by atoms with van der Waals surface area (Å²) in [4.78, 5) is 13.4. The normalized spacial score (nSPS) is 13.1. The van der Waals surface area contributed by atoms with Crippen molar-refractivity contribution in [3.8, 4) is 16.9 Å². The van der Waals surface area contributed by atoms with Crippen LogP contribution in [0.5, 0.6) is 5.75 Å². The standard InChI is InChI=1S/C25H38O3Si2/c1-24(2,3)29(7,8)27-22-17-16-20(19-14-12-11-13-15-19)18-21(22)23(26)28-30(9,10)25(4,5)6/h11-18H,1-10H3. The Morgan fingerprint density at radius 2 is 1.27 bits per heavy atom. The predicted octanol–water partition coefficient (Wildman–Crippen LogP) is 7.90. The third kappa shape index (κ3) is 5.44. The summed E-state index contributed by atoms with van der Waals surface area (Å²) in [7, 11) is -4.37. The summed E-state index contributed by atoms with van der Waals surface area (Å²) in [5.41, 5.74) is 2.57. The van der Waals surface area contributed by atoms with E-state index in [0.717, 1.165) is 11.1 Å². The molecule has 0 unspecified atom stereocenters. The number of hydrogen-bond donors (Lipinski definition) is 0. The highest BCUT2D eigenvalue weighted by atomic mass is 28.4. The van der Waals surface area contributed by atoms with Gasteiger partial charge in [0.15, 0.2) is 0 Å². The predicted molar refractivity (Wildman–Crippen MR) is 132 cm³/mol. The van der Waals surface area contributed by atoms with E-state index in [-0.39, 0.29) is 16.0 Å². The summed E-state index contributed by atoms with van der Waals surface area (Å²) in [6.45, 7) is 21.6. The van der Waals surface area contributed by atoms with Gasteiger partial charge in [0.05, 0.1) is 5.56 Å². The fraction of sp³-hybridized carbons (Fsp3) is 0.480. The van der Waals surface area contributed by atoms with E-state index in [0.29, 0.717) is 11.3 Å². The lowest BCUT2D eigenvalue weighted by molar-refractivity contribution is 0.0710. The van der Waals surface area contributed by atoms with Gasteiger partial charge >= 0.3 is 5.97 Å². The molecule has 3 nitrogen and oxygen atoms in total. The maximum atomic E-state index is 13.4. The molecule has 30 heavy (non-hydrogen) atoms. The topological polar surface area (TPSA) is 35.5 Å². The number of benzene rings is 2. The quantitative estimate of drug-likeness (QED) is 0.441. The van der Waals surface area contributed by atoms with Crippen LogP contribution in [0.15, 0.2) is 48.5 Å². The first-order valence-corrected chi connectivity index (χ1v) is 16.5. The highest BCUT2D eigenvalue weighted by Gasteiger charge is 2.42. The summed E-state index contributed by atoms with van der Waals surface area (Å²) in [5.74, 6) is 0.345. The van der Waals surface area contributed by atoms with Crippen LogP contribution in [-0.4, -0.2) is 22.6 Å². The molecule has 0 saturated carbocycles. The maximum Gasteiger partial charge on any atom is 0.328 e. The van der Waals surface area contributed by atoms with E-state index in [1.54, 1.807) is 0 Å². The van der Waals surface area contributed by atoms with Crippen molar-refractivity contribution in [3.05, 3.63) is 54.1 Å². The maximum absolute atomic E-state index is 13.4. The van der Waals surface area contributed by atoms with Crippen LogP contribution >= 0.6 is 0 Å². The van der Waals surface area contributed by atoms with Crippen LogP contribution in [0.1, 0.15) is 51.9 Å². The van der Waals surface area contributed by atoms with E-state index >= 15 is 0 Å². The monoisotopic (exact) mass is 442 g/mol. The second-order valence-corrected chi connectivity index (χ2v) is 20.5. The van der Waals surface area contributed by atoms with Gasteiger partial charge in [0.1, 0.15) is 5.75 Å². The van der Waals surface area contributed by atoms with Crippen molar-refractivity contribution in [2.45, 2.75) is 77.8 Å². The molecule has 0 saturated heterocycles. The van der Waals surface area contributed by atoms with Gasteiger partial charge in [0.2, 0.25) is 0 Å². The van der Waals surface area contributed by atoms with Crippen LogP contribution < -0.4 is 4.43 Å². The first-order valence-electron chi connectivity index (χ1n) is 10.7. The number of rotatable bonds is 5. The molecule has 0 aliphatic carbocycles. The molecule has 0 amide bonds. The average molecular weight is 443 g/mol. The minimum absolute atomic E-state index is 0.0334. The lowest BCUT2D eigenvalue weighted by atomic mass is 10.0. The Kier molecular flexibility index (Phi) is 6.79. The Labute approximate surface area is 185 Å². The fourth-order valence-corrected chi connectivity index (χ4v) is 4.37. The molecule has 0 heterocycles. The van der Waals surface area contributed by atoms with Gasteiger partial charge in [0, 0.05) is 0 Å². The van der Waals surface area contributed by atoms with Crippen molar-refractivity contribution >= 4 is 22.6 Å². The molecule has 2 aromatic rings. The average Bonchev–Trinajstić information content (AvgIpc) is 2.60. The van der Waals surface area contributed by atoms with Gasteiger partial charge < -0.3 is 8.85 Å². The summed E-state index contributed by atoms with van der Waals surface area (Å²) < 4.78 is 12.7. The zero-order valence-corrected chi connectivity index (χ0v) is 22.3. The van der Waals surface area contributed by atoms with E-state index in [4.69, 9.17) is 8.85 Å². The lowest BCUT2D eigenvalue weighted by Crippen LogP contribution is -2.45. The second-order valence-electron chi connectivity index (χ2n) is 11.1. The van der Waals surface area contributed by atoms with Crippen molar-refractivity contribution in [2.75, 3.05) is 0 Å². The molecule has 0 N–H and O–H groups in total. The fourth-order valence-electron chi connectivity index (χ4n) is 2.46. The lowest BCUT2D eigenvalue weighted by Gasteiger charge is -2.38. The molecule has 2 rings (SSSR count). The molecule has 0 spiro atoms. The Bertz CT molecular complexity index is 889. The minimum Gasteiger partial charge on any atom is -0.543 e. The van der Waals surface area contributed by atoms with E-state index in [1.165, 1.54) is 0 Å². The summed E-state index contributed by atoms with van der Waals surface area (Å²) in [6.07, 6.45) is 0. The van der Waals surface area contributed by atoms with Gasteiger partial charge in [-0.05, 0) is 59.5 Å². The molecule has 0 bridgehead atoms. The molecule has 5 heteroatoms. The number of carbonyl (C=O) groups is 1. The van der Waals surface area contributed by atoms with Crippen molar-refractivity contribution in [1.29, 1.82) is 0 Å². The Balaban J connectivity index is 2.53. The largest absolute Gasteiger partial charge is 0.543 e. The van der Waals surface area contributed by atoms with Crippen LogP contribution in [-0.2, 0) is 4.43 Å². The molecule has 164 valence electrons. The minimum atomic E-state index is -2.26. The highest BCUT2D eigenvalue weighted by molar-refractivity contribution is 6.76. The van der Waals surface area contributed by atoms with Crippen LogP contribution in [0.2, 0.25) is 36.3 Å². The van der Waals surface area contributed by atoms with Gasteiger partial charge in [-0.2, -0.15) is 0 Å². The van der Waals surface area contributed by atoms with Crippen molar-refractivity contribution in [3.63, 3.8) is 0 Å². The van der Waals surface area contributed by atoms with Crippen LogP contribution in [0, 0.1) is 0 Å². The van der Waals surface area contributed by atoms with Crippen molar-refractivity contribution in [1.82, 2.24) is 0 Å². The Morgan fingerprint density at radius 1 is 0.733 bits per heavy atom. The van der Waals surface area contributed by atoms with Gasteiger partial charge in [-0.25, -0.2) is 4.79 Å². The molecular weight excluding hydrogens is 404 g/mol. The zero-order chi connectivity index (χ0) is 23.0. The molecular formula is C25H38O3Si2. The zero-order valence-electron chi connectivity index (χ0n) is 20.3. The van der Waals surface area contributed by atoms with E-state index in [2.05, 4.69) is 67.7 Å². The third-order valence-corrected chi connectivity index (χ3v) is 15.3. The Hall–Kier alpha value is -1.86. The highest BCUT2D eigenvalue weighted by Crippen LogP contribution is 2.41. The molecule has 0 atom stereocenters. The van der Waals surface area contributed by atoms with Gasteiger partial charge in [-0.1, -0.05) is 77.9 Å². The smallest absolute Gasteiger partial charge is 0.328 e.